The van der Waals surface area contributed by atoms with Crippen LogP contribution in [0.15, 0.2) is 60.9 Å². The Morgan fingerprint density at radius 3 is 2.79 bits per heavy atom. The molecule has 0 spiro atoms. The molecule has 9 heteroatoms. The predicted molar refractivity (Wildman–Crippen MR) is 111 cm³/mol. The number of aliphatic hydroxyl groups is 1. The Labute approximate surface area is 171 Å². The zero-order valence-electron chi connectivity index (χ0n) is 15.2. The Morgan fingerprint density at radius 1 is 1.14 bits per heavy atom. The Morgan fingerprint density at radius 2 is 2.03 bits per heavy atom. The lowest BCUT2D eigenvalue weighted by atomic mass is 10.2. The van der Waals surface area contributed by atoms with Gasteiger partial charge in [0.2, 0.25) is 0 Å². The molecule has 0 saturated heterocycles. The number of hydrogen-bond donors (Lipinski definition) is 3. The second-order valence-electron chi connectivity index (χ2n) is 6.17. The van der Waals surface area contributed by atoms with Gasteiger partial charge in [0.05, 0.1) is 24.1 Å². The number of aromatic nitrogens is 4. The molecule has 0 unspecified atom stereocenters. The van der Waals surface area contributed by atoms with Crippen molar-refractivity contribution in [3.05, 3.63) is 71.5 Å². The number of carbonyl (C=O) groups is 1. The van der Waals surface area contributed by atoms with E-state index in [0.717, 1.165) is 5.56 Å². The molecule has 0 atom stereocenters. The third-order valence-corrected chi connectivity index (χ3v) is 4.35. The van der Waals surface area contributed by atoms with Gasteiger partial charge in [-0.2, -0.15) is 0 Å². The normalized spacial score (nSPS) is 10.8. The number of nitrogens with one attached hydrogen (secondary N) is 2. The number of aliphatic hydroxyl groups excluding tert-OH is 1. The number of imidazole rings is 1. The van der Waals surface area contributed by atoms with Crippen LogP contribution in [0, 0.1) is 0 Å². The zero-order valence-corrected chi connectivity index (χ0v) is 16.0. The average molecular weight is 409 g/mol. The Kier molecular flexibility index (Phi) is 5.37. The fourth-order valence-electron chi connectivity index (χ4n) is 2.82. The van der Waals surface area contributed by atoms with Crippen molar-refractivity contribution in [3.8, 4) is 11.3 Å². The summed E-state index contributed by atoms with van der Waals surface area (Å²) in [5.74, 6) is 0.498. The van der Waals surface area contributed by atoms with Crippen molar-refractivity contribution >= 4 is 34.8 Å². The largest absolute Gasteiger partial charge is 0.395 e. The minimum absolute atomic E-state index is 0.0626. The number of halogens is 1. The number of rotatable bonds is 6. The maximum absolute atomic E-state index is 12.9. The molecule has 4 rings (SSSR count). The topological polar surface area (TPSA) is 104 Å². The van der Waals surface area contributed by atoms with Crippen molar-refractivity contribution in [1.29, 1.82) is 0 Å². The Bertz CT molecular complexity index is 1160. The molecule has 1 amide bonds. The van der Waals surface area contributed by atoms with Gasteiger partial charge in [0.25, 0.3) is 5.91 Å². The molecule has 0 radical (unpaired) electrons. The number of anilines is 2. The van der Waals surface area contributed by atoms with Crippen molar-refractivity contribution in [2.75, 3.05) is 23.8 Å². The monoisotopic (exact) mass is 408 g/mol. The van der Waals surface area contributed by atoms with Gasteiger partial charge < -0.3 is 15.7 Å². The number of hydrogen-bond acceptors (Lipinski definition) is 6. The number of carbonyl (C=O) groups excluding carboxylic acids is 1. The molecular weight excluding hydrogens is 392 g/mol. The summed E-state index contributed by atoms with van der Waals surface area (Å²) in [7, 11) is 0. The zero-order chi connectivity index (χ0) is 20.2. The summed E-state index contributed by atoms with van der Waals surface area (Å²) in [6.45, 7) is 0.239. The molecule has 0 bridgehead atoms. The number of amides is 1. The summed E-state index contributed by atoms with van der Waals surface area (Å²) in [6, 6.07) is 14.1. The standard InChI is InChI=1S/C20H17ClN6O2/c21-14-5-3-4-13(10-14)16-12-27-19(24-16)15(11-18(26-27)23-8-9-28)20(29)25-17-6-1-2-7-22-17/h1-7,10-12,28H,8-9H2,(H,23,26)(H,22,25,29). The Hall–Kier alpha value is -3.49. The molecule has 0 aliphatic rings. The van der Waals surface area contributed by atoms with Crippen LogP contribution < -0.4 is 10.6 Å². The van der Waals surface area contributed by atoms with Gasteiger partial charge in [-0.15, -0.1) is 5.10 Å². The number of nitrogens with zero attached hydrogens (tertiary/aromatic N) is 4. The molecule has 1 aromatic carbocycles. The van der Waals surface area contributed by atoms with Gasteiger partial charge in [0, 0.05) is 23.3 Å². The molecule has 3 aromatic heterocycles. The summed E-state index contributed by atoms with van der Waals surface area (Å²) in [5.41, 5.74) is 2.15. The van der Waals surface area contributed by atoms with Crippen LogP contribution in [-0.4, -0.2) is 43.7 Å². The van der Waals surface area contributed by atoms with Crippen molar-refractivity contribution in [3.63, 3.8) is 0 Å². The molecule has 8 nitrogen and oxygen atoms in total. The third kappa shape index (κ3) is 4.18. The van der Waals surface area contributed by atoms with Gasteiger partial charge >= 0.3 is 0 Å². The second-order valence-corrected chi connectivity index (χ2v) is 6.60. The van der Waals surface area contributed by atoms with Gasteiger partial charge in [-0.1, -0.05) is 29.8 Å². The van der Waals surface area contributed by atoms with Crippen LogP contribution in [0.4, 0.5) is 11.6 Å². The lowest BCUT2D eigenvalue weighted by Crippen LogP contribution is -2.16. The molecule has 0 aliphatic carbocycles. The minimum Gasteiger partial charge on any atom is -0.395 e. The number of pyridine rings is 1. The van der Waals surface area contributed by atoms with Crippen LogP contribution in [0.5, 0.6) is 0 Å². The number of fused-ring (bicyclic) bond motifs is 1. The molecule has 29 heavy (non-hydrogen) atoms. The van der Waals surface area contributed by atoms with Crippen LogP contribution >= 0.6 is 11.6 Å². The van der Waals surface area contributed by atoms with Crippen LogP contribution in [0.3, 0.4) is 0 Å². The highest BCUT2D eigenvalue weighted by Gasteiger charge is 2.17. The van der Waals surface area contributed by atoms with E-state index in [1.54, 1.807) is 48.8 Å². The van der Waals surface area contributed by atoms with Gasteiger partial charge in [-0.3, -0.25) is 4.79 Å². The molecule has 0 saturated carbocycles. The van der Waals surface area contributed by atoms with E-state index < -0.39 is 0 Å². The van der Waals surface area contributed by atoms with Crippen LogP contribution in [0.2, 0.25) is 5.02 Å². The molecule has 0 aliphatic heterocycles. The van der Waals surface area contributed by atoms with E-state index in [4.69, 9.17) is 16.7 Å². The summed E-state index contributed by atoms with van der Waals surface area (Å²) < 4.78 is 1.53. The van der Waals surface area contributed by atoms with E-state index in [9.17, 15) is 4.79 Å². The molecule has 146 valence electrons. The predicted octanol–water partition coefficient (Wildman–Crippen LogP) is 3.10. The van der Waals surface area contributed by atoms with Crippen molar-refractivity contribution in [1.82, 2.24) is 19.6 Å². The average Bonchev–Trinajstić information content (AvgIpc) is 3.16. The molecule has 3 heterocycles. The Balaban J connectivity index is 1.78. The quantitative estimate of drug-likeness (QED) is 0.453. The van der Waals surface area contributed by atoms with Gasteiger partial charge in [-0.25, -0.2) is 14.5 Å². The van der Waals surface area contributed by atoms with Crippen molar-refractivity contribution in [2.45, 2.75) is 0 Å². The summed E-state index contributed by atoms with van der Waals surface area (Å²) in [4.78, 5) is 21.6. The van der Waals surface area contributed by atoms with Crippen LogP contribution in [-0.2, 0) is 0 Å². The molecule has 3 N–H and O–H groups in total. The summed E-state index contributed by atoms with van der Waals surface area (Å²) in [6.07, 6.45) is 3.32. The molecular formula is C20H17ClN6O2. The highest BCUT2D eigenvalue weighted by atomic mass is 35.5. The van der Waals surface area contributed by atoms with E-state index in [1.165, 1.54) is 4.52 Å². The first-order chi connectivity index (χ1) is 14.1. The maximum atomic E-state index is 12.9. The second kappa shape index (κ2) is 8.26. The summed E-state index contributed by atoms with van der Waals surface area (Å²) in [5, 5.41) is 19.8. The minimum atomic E-state index is -0.369. The van der Waals surface area contributed by atoms with Gasteiger partial charge in [0.1, 0.15) is 11.6 Å². The lowest BCUT2D eigenvalue weighted by molar-refractivity contribution is 0.102. The maximum Gasteiger partial charge on any atom is 0.260 e. The smallest absolute Gasteiger partial charge is 0.260 e. The number of benzene rings is 1. The van der Waals surface area contributed by atoms with E-state index >= 15 is 0 Å². The van der Waals surface area contributed by atoms with Crippen molar-refractivity contribution < 1.29 is 9.90 Å². The van der Waals surface area contributed by atoms with E-state index in [-0.39, 0.29) is 12.5 Å². The van der Waals surface area contributed by atoms with Crippen molar-refractivity contribution in [2.24, 2.45) is 0 Å². The van der Waals surface area contributed by atoms with E-state index in [1.807, 2.05) is 12.1 Å². The molecule has 4 aromatic rings. The lowest BCUT2D eigenvalue weighted by Gasteiger charge is -2.09. The first-order valence-electron chi connectivity index (χ1n) is 8.87. The fraction of sp³-hybridized carbons (Fsp3) is 0.100. The SMILES string of the molecule is O=C(Nc1ccccn1)c1cc(NCCO)nn2cc(-c3cccc(Cl)c3)nc12. The third-order valence-electron chi connectivity index (χ3n) is 4.11. The molecule has 0 fully saturated rings. The van der Waals surface area contributed by atoms with E-state index in [0.29, 0.717) is 40.1 Å². The fourth-order valence-corrected chi connectivity index (χ4v) is 3.01. The first kappa shape index (κ1) is 18.9. The highest BCUT2D eigenvalue weighted by molar-refractivity contribution is 6.30. The van der Waals surface area contributed by atoms with Gasteiger partial charge in [0.15, 0.2) is 5.65 Å². The first-order valence-corrected chi connectivity index (χ1v) is 9.25. The van der Waals surface area contributed by atoms with E-state index in [2.05, 4.69) is 25.7 Å². The van der Waals surface area contributed by atoms with Crippen LogP contribution in [0.1, 0.15) is 10.4 Å². The van der Waals surface area contributed by atoms with Crippen LogP contribution in [0.25, 0.3) is 16.9 Å². The van der Waals surface area contributed by atoms with Gasteiger partial charge in [-0.05, 0) is 30.3 Å². The summed E-state index contributed by atoms with van der Waals surface area (Å²) >= 11 is 6.09. The highest BCUT2D eigenvalue weighted by Crippen LogP contribution is 2.24.